The second kappa shape index (κ2) is 6.43. The van der Waals surface area contributed by atoms with Gasteiger partial charge in [0, 0.05) is 42.6 Å². The minimum absolute atomic E-state index is 0.0498. The highest BCUT2D eigenvalue weighted by Gasteiger charge is 2.08. The van der Waals surface area contributed by atoms with E-state index >= 15 is 0 Å². The second-order valence-electron chi connectivity index (χ2n) is 5.48. The van der Waals surface area contributed by atoms with Crippen molar-refractivity contribution in [3.8, 4) is 0 Å². The van der Waals surface area contributed by atoms with E-state index in [4.69, 9.17) is 0 Å². The van der Waals surface area contributed by atoms with Crippen LogP contribution in [0.3, 0.4) is 0 Å². The third-order valence-corrected chi connectivity index (χ3v) is 3.14. The Morgan fingerprint density at radius 2 is 2.14 bits per heavy atom. The highest BCUT2D eigenvalue weighted by atomic mass is 16.1. The van der Waals surface area contributed by atoms with Crippen LogP contribution in [0.5, 0.6) is 0 Å². The van der Waals surface area contributed by atoms with Gasteiger partial charge in [-0.05, 0) is 39.0 Å². The Morgan fingerprint density at radius 1 is 1.38 bits per heavy atom. The molecule has 1 aromatic heterocycles. The average Bonchev–Trinajstić information content (AvgIpc) is 2.74. The Labute approximate surface area is 125 Å². The van der Waals surface area contributed by atoms with Gasteiger partial charge in [0.2, 0.25) is 0 Å². The van der Waals surface area contributed by atoms with E-state index in [-0.39, 0.29) is 11.9 Å². The molecular formula is C16H22N4O. The molecule has 2 rings (SSSR count). The van der Waals surface area contributed by atoms with Gasteiger partial charge in [-0.2, -0.15) is 5.10 Å². The van der Waals surface area contributed by atoms with Crippen LogP contribution in [0.1, 0.15) is 35.5 Å². The molecule has 0 aliphatic heterocycles. The van der Waals surface area contributed by atoms with E-state index in [1.807, 2.05) is 58.3 Å². The van der Waals surface area contributed by atoms with Crippen LogP contribution in [0.4, 0.5) is 5.69 Å². The molecule has 0 aliphatic rings. The van der Waals surface area contributed by atoms with Gasteiger partial charge in [-0.15, -0.1) is 0 Å². The van der Waals surface area contributed by atoms with Crippen molar-refractivity contribution in [3.63, 3.8) is 0 Å². The molecule has 0 fully saturated rings. The first-order valence-corrected chi connectivity index (χ1v) is 7.09. The summed E-state index contributed by atoms with van der Waals surface area (Å²) in [5.41, 5.74) is 3.75. The van der Waals surface area contributed by atoms with Gasteiger partial charge in [-0.25, -0.2) is 0 Å². The van der Waals surface area contributed by atoms with Crippen LogP contribution in [-0.2, 0) is 13.6 Å². The lowest BCUT2D eigenvalue weighted by atomic mass is 10.1. The zero-order valence-electron chi connectivity index (χ0n) is 13.0. The summed E-state index contributed by atoms with van der Waals surface area (Å²) in [7, 11) is 1.91. The maximum Gasteiger partial charge on any atom is 0.251 e. The summed E-state index contributed by atoms with van der Waals surface area (Å²) in [5.74, 6) is -0.0498. The summed E-state index contributed by atoms with van der Waals surface area (Å²) in [6.07, 6.45) is 2.00. The number of nitrogens with one attached hydrogen (secondary N) is 2. The van der Waals surface area contributed by atoms with Gasteiger partial charge in [-0.1, -0.05) is 6.07 Å². The van der Waals surface area contributed by atoms with Crippen molar-refractivity contribution in [1.82, 2.24) is 15.1 Å². The molecule has 1 amide bonds. The fourth-order valence-corrected chi connectivity index (χ4v) is 2.14. The van der Waals surface area contributed by atoms with Crippen LogP contribution in [0.25, 0.3) is 0 Å². The number of benzene rings is 1. The van der Waals surface area contributed by atoms with E-state index < -0.39 is 0 Å². The van der Waals surface area contributed by atoms with Gasteiger partial charge in [-0.3, -0.25) is 9.48 Å². The lowest BCUT2D eigenvalue weighted by Crippen LogP contribution is -2.30. The van der Waals surface area contributed by atoms with E-state index in [2.05, 4.69) is 15.7 Å². The Balaban J connectivity index is 2.04. The molecule has 112 valence electrons. The van der Waals surface area contributed by atoms with Crippen molar-refractivity contribution < 1.29 is 4.79 Å². The zero-order valence-corrected chi connectivity index (χ0v) is 13.0. The Kier molecular flexibility index (Phi) is 4.62. The molecule has 21 heavy (non-hydrogen) atoms. The summed E-state index contributed by atoms with van der Waals surface area (Å²) < 4.78 is 1.80. The number of carbonyl (C=O) groups excluding carboxylic acids is 1. The van der Waals surface area contributed by atoms with Gasteiger partial charge in [0.05, 0.1) is 5.69 Å². The quantitative estimate of drug-likeness (QED) is 0.887. The van der Waals surface area contributed by atoms with E-state index in [1.165, 1.54) is 0 Å². The number of anilines is 1. The molecule has 0 unspecified atom stereocenters. The molecule has 1 heterocycles. The molecule has 0 bridgehead atoms. The monoisotopic (exact) mass is 286 g/mol. The minimum atomic E-state index is -0.0498. The van der Waals surface area contributed by atoms with E-state index in [9.17, 15) is 4.79 Å². The number of amides is 1. The maximum absolute atomic E-state index is 12.0. The number of hydrogen-bond donors (Lipinski definition) is 2. The lowest BCUT2D eigenvalue weighted by Gasteiger charge is -2.10. The number of hydrogen-bond acceptors (Lipinski definition) is 3. The summed E-state index contributed by atoms with van der Waals surface area (Å²) in [4.78, 5) is 12.0. The molecule has 2 N–H and O–H groups in total. The van der Waals surface area contributed by atoms with Crippen LogP contribution < -0.4 is 10.6 Å². The molecule has 0 saturated heterocycles. The van der Waals surface area contributed by atoms with Crippen LogP contribution in [0, 0.1) is 6.92 Å². The molecule has 5 nitrogen and oxygen atoms in total. The summed E-state index contributed by atoms with van der Waals surface area (Å²) in [6.45, 7) is 6.58. The number of aryl methyl sites for hydroxylation is 2. The van der Waals surface area contributed by atoms with Gasteiger partial charge >= 0.3 is 0 Å². The van der Waals surface area contributed by atoms with E-state index in [0.29, 0.717) is 12.1 Å². The van der Waals surface area contributed by atoms with E-state index in [1.54, 1.807) is 4.68 Å². The molecular weight excluding hydrogens is 264 g/mol. The third-order valence-electron chi connectivity index (χ3n) is 3.14. The molecule has 1 aromatic carbocycles. The van der Waals surface area contributed by atoms with Crippen LogP contribution in [-0.4, -0.2) is 21.7 Å². The molecule has 2 aromatic rings. The number of aromatic nitrogens is 2. The number of carbonyl (C=O) groups is 1. The van der Waals surface area contributed by atoms with Crippen LogP contribution in [0.2, 0.25) is 0 Å². The Morgan fingerprint density at radius 3 is 2.76 bits per heavy atom. The van der Waals surface area contributed by atoms with Crippen molar-refractivity contribution >= 4 is 11.6 Å². The first kappa shape index (κ1) is 15.1. The predicted octanol–water partition coefficient (Wildman–Crippen LogP) is 2.48. The molecule has 0 saturated carbocycles. The largest absolute Gasteiger partial charge is 0.381 e. The fraction of sp³-hybridized carbons (Fsp3) is 0.375. The van der Waals surface area contributed by atoms with Gasteiger partial charge in [0.25, 0.3) is 5.91 Å². The summed E-state index contributed by atoms with van der Waals surface area (Å²) >= 11 is 0. The fourth-order valence-electron chi connectivity index (χ4n) is 2.14. The smallest absolute Gasteiger partial charge is 0.251 e. The first-order chi connectivity index (χ1) is 9.95. The standard InChI is InChI=1S/C16H22N4O/c1-11(2)18-16(21)13-6-5-7-15(8-13)17-9-14-10-20(4)19-12(14)3/h5-8,10-11,17H,9H2,1-4H3,(H,18,21). The summed E-state index contributed by atoms with van der Waals surface area (Å²) in [6, 6.07) is 7.65. The highest BCUT2D eigenvalue weighted by molar-refractivity contribution is 5.95. The number of nitrogens with zero attached hydrogens (tertiary/aromatic N) is 2. The molecule has 0 radical (unpaired) electrons. The van der Waals surface area contributed by atoms with Crippen molar-refractivity contribution in [2.24, 2.45) is 7.05 Å². The first-order valence-electron chi connectivity index (χ1n) is 7.09. The average molecular weight is 286 g/mol. The normalized spacial score (nSPS) is 10.7. The third kappa shape index (κ3) is 4.08. The summed E-state index contributed by atoms with van der Waals surface area (Å²) in [5, 5.41) is 10.5. The van der Waals surface area contributed by atoms with Crippen molar-refractivity contribution in [2.45, 2.75) is 33.4 Å². The SMILES string of the molecule is Cc1nn(C)cc1CNc1cccc(C(=O)NC(C)C)c1. The topological polar surface area (TPSA) is 59.0 Å². The lowest BCUT2D eigenvalue weighted by molar-refractivity contribution is 0.0943. The van der Waals surface area contributed by atoms with Crippen molar-refractivity contribution in [1.29, 1.82) is 0 Å². The van der Waals surface area contributed by atoms with Crippen LogP contribution >= 0.6 is 0 Å². The Hall–Kier alpha value is -2.30. The molecule has 0 aliphatic carbocycles. The van der Waals surface area contributed by atoms with Crippen molar-refractivity contribution in [3.05, 3.63) is 47.3 Å². The van der Waals surface area contributed by atoms with E-state index in [0.717, 1.165) is 16.9 Å². The maximum atomic E-state index is 12.0. The van der Waals surface area contributed by atoms with Gasteiger partial charge in [0.15, 0.2) is 0 Å². The molecule has 0 spiro atoms. The van der Waals surface area contributed by atoms with Crippen LogP contribution in [0.15, 0.2) is 30.5 Å². The number of rotatable bonds is 5. The second-order valence-corrected chi connectivity index (χ2v) is 5.48. The molecule has 0 atom stereocenters. The molecule has 5 heteroatoms. The minimum Gasteiger partial charge on any atom is -0.381 e. The Bertz CT molecular complexity index is 631. The van der Waals surface area contributed by atoms with Gasteiger partial charge in [0.1, 0.15) is 0 Å². The van der Waals surface area contributed by atoms with Gasteiger partial charge < -0.3 is 10.6 Å². The predicted molar refractivity (Wildman–Crippen MR) is 84.3 cm³/mol. The highest BCUT2D eigenvalue weighted by Crippen LogP contribution is 2.13. The zero-order chi connectivity index (χ0) is 15.4. The van der Waals surface area contributed by atoms with Crippen molar-refractivity contribution in [2.75, 3.05) is 5.32 Å².